The second-order valence-corrected chi connectivity index (χ2v) is 4.35. The van der Waals surface area contributed by atoms with Crippen molar-refractivity contribution in [3.63, 3.8) is 0 Å². The van der Waals surface area contributed by atoms with Crippen molar-refractivity contribution in [1.82, 2.24) is 0 Å². The van der Waals surface area contributed by atoms with Crippen LogP contribution in [0, 0.1) is 0 Å². The number of benzene rings is 2. The lowest BCUT2D eigenvalue weighted by atomic mass is 10.2. The van der Waals surface area contributed by atoms with Gasteiger partial charge in [0.2, 0.25) is 0 Å². The molecular formula is C14H16N2S. The lowest BCUT2D eigenvalue weighted by molar-refractivity contribution is 0.871. The molecule has 0 aliphatic heterocycles. The van der Waals surface area contributed by atoms with Gasteiger partial charge in [0.1, 0.15) is 0 Å². The Hall–Kier alpha value is -1.45. The van der Waals surface area contributed by atoms with Crippen molar-refractivity contribution in [3.8, 4) is 0 Å². The highest BCUT2D eigenvalue weighted by Crippen LogP contribution is 2.28. The number of hydrogen-bond acceptors (Lipinski definition) is 3. The monoisotopic (exact) mass is 244 g/mol. The predicted octanol–water partition coefficient (Wildman–Crippen LogP) is 3.04. The Kier molecular flexibility index (Phi) is 4.07. The van der Waals surface area contributed by atoms with Crippen LogP contribution in [-0.4, -0.2) is 11.9 Å². The van der Waals surface area contributed by atoms with Gasteiger partial charge in [-0.2, -0.15) is 12.6 Å². The molecule has 2 aromatic rings. The Bertz CT molecular complexity index is 405. The molecule has 0 saturated heterocycles. The predicted molar refractivity (Wildman–Crippen MR) is 76.9 cm³/mol. The highest BCUT2D eigenvalue weighted by molar-refractivity contribution is 7.81. The molecule has 0 aliphatic carbocycles. The summed E-state index contributed by atoms with van der Waals surface area (Å²) in [6.45, 7) is 0.493. The van der Waals surface area contributed by atoms with E-state index in [2.05, 4.69) is 41.8 Å². The molecule has 88 valence electrons. The third kappa shape index (κ3) is 2.81. The van der Waals surface area contributed by atoms with E-state index in [1.54, 1.807) is 0 Å². The normalized spacial score (nSPS) is 12.1. The first kappa shape index (κ1) is 12.0. The minimum Gasteiger partial charge on any atom is -0.328 e. The van der Waals surface area contributed by atoms with E-state index in [-0.39, 0.29) is 5.37 Å². The van der Waals surface area contributed by atoms with Crippen molar-refractivity contribution < 1.29 is 0 Å². The highest BCUT2D eigenvalue weighted by atomic mass is 32.1. The summed E-state index contributed by atoms with van der Waals surface area (Å²) in [4.78, 5) is 2.13. The van der Waals surface area contributed by atoms with Crippen molar-refractivity contribution >= 4 is 24.0 Å². The molecular weight excluding hydrogens is 228 g/mol. The van der Waals surface area contributed by atoms with Gasteiger partial charge in [0.25, 0.3) is 0 Å². The third-order valence-electron chi connectivity index (χ3n) is 2.58. The highest BCUT2D eigenvalue weighted by Gasteiger charge is 2.15. The van der Waals surface area contributed by atoms with E-state index in [4.69, 9.17) is 5.73 Å². The average Bonchev–Trinajstić information content (AvgIpc) is 2.41. The zero-order valence-corrected chi connectivity index (χ0v) is 10.4. The molecule has 0 aromatic heterocycles. The standard InChI is InChI=1S/C14H16N2S/c15-11-14(17)16(12-7-3-1-4-8-12)13-9-5-2-6-10-13/h1-10,14,17H,11,15H2. The van der Waals surface area contributed by atoms with Gasteiger partial charge in [-0.1, -0.05) is 36.4 Å². The maximum atomic E-state index is 5.73. The molecule has 0 radical (unpaired) electrons. The van der Waals surface area contributed by atoms with Gasteiger partial charge in [0, 0.05) is 17.9 Å². The van der Waals surface area contributed by atoms with E-state index in [0.717, 1.165) is 11.4 Å². The third-order valence-corrected chi connectivity index (χ3v) is 3.02. The first-order valence-electron chi connectivity index (χ1n) is 5.60. The molecule has 0 amide bonds. The molecule has 0 bridgehead atoms. The second kappa shape index (κ2) is 5.75. The van der Waals surface area contributed by atoms with Crippen molar-refractivity contribution in [1.29, 1.82) is 0 Å². The van der Waals surface area contributed by atoms with E-state index >= 15 is 0 Å². The Morgan fingerprint density at radius 3 is 1.65 bits per heavy atom. The number of nitrogens with two attached hydrogens (primary N) is 1. The zero-order chi connectivity index (χ0) is 12.1. The van der Waals surface area contributed by atoms with Crippen LogP contribution in [0.2, 0.25) is 0 Å². The smallest absolute Gasteiger partial charge is 0.0892 e. The van der Waals surface area contributed by atoms with Crippen LogP contribution >= 0.6 is 12.6 Å². The van der Waals surface area contributed by atoms with Crippen LogP contribution in [0.15, 0.2) is 60.7 Å². The first-order chi connectivity index (χ1) is 8.33. The van der Waals surface area contributed by atoms with Crippen molar-refractivity contribution in [2.45, 2.75) is 5.37 Å². The molecule has 1 unspecified atom stereocenters. The van der Waals surface area contributed by atoms with Crippen LogP contribution in [0.3, 0.4) is 0 Å². The van der Waals surface area contributed by atoms with Crippen molar-refractivity contribution in [2.24, 2.45) is 5.73 Å². The Balaban J connectivity index is 2.39. The molecule has 3 heteroatoms. The van der Waals surface area contributed by atoms with Crippen LogP contribution in [-0.2, 0) is 0 Å². The van der Waals surface area contributed by atoms with Crippen molar-refractivity contribution in [2.75, 3.05) is 11.4 Å². The molecule has 2 N–H and O–H groups in total. The van der Waals surface area contributed by atoms with Gasteiger partial charge >= 0.3 is 0 Å². The van der Waals surface area contributed by atoms with Gasteiger partial charge in [0.15, 0.2) is 0 Å². The van der Waals surface area contributed by atoms with Crippen LogP contribution in [0.5, 0.6) is 0 Å². The molecule has 0 spiro atoms. The van der Waals surface area contributed by atoms with Gasteiger partial charge in [-0.25, -0.2) is 0 Å². The summed E-state index contributed by atoms with van der Waals surface area (Å²) >= 11 is 4.55. The average molecular weight is 244 g/mol. The largest absolute Gasteiger partial charge is 0.328 e. The van der Waals surface area contributed by atoms with E-state index in [1.807, 2.05) is 36.4 Å². The van der Waals surface area contributed by atoms with Crippen molar-refractivity contribution in [3.05, 3.63) is 60.7 Å². The number of thiol groups is 1. The Morgan fingerprint density at radius 1 is 0.882 bits per heavy atom. The molecule has 2 nitrogen and oxygen atoms in total. The van der Waals surface area contributed by atoms with Gasteiger partial charge in [-0.15, -0.1) is 0 Å². The van der Waals surface area contributed by atoms with E-state index < -0.39 is 0 Å². The fraction of sp³-hybridized carbons (Fsp3) is 0.143. The number of anilines is 2. The molecule has 0 saturated carbocycles. The van der Waals surface area contributed by atoms with Gasteiger partial charge < -0.3 is 10.6 Å². The lowest BCUT2D eigenvalue weighted by Crippen LogP contribution is -2.32. The molecule has 2 aromatic carbocycles. The molecule has 0 fully saturated rings. The number of para-hydroxylation sites is 2. The fourth-order valence-corrected chi connectivity index (χ4v) is 2.04. The Morgan fingerprint density at radius 2 is 1.29 bits per heavy atom. The summed E-state index contributed by atoms with van der Waals surface area (Å²) in [5.74, 6) is 0. The van der Waals surface area contributed by atoms with E-state index in [0.29, 0.717) is 6.54 Å². The van der Waals surface area contributed by atoms with Crippen LogP contribution < -0.4 is 10.6 Å². The zero-order valence-electron chi connectivity index (χ0n) is 9.53. The summed E-state index contributed by atoms with van der Waals surface area (Å²) in [6, 6.07) is 20.3. The minimum absolute atomic E-state index is 0.0280. The minimum atomic E-state index is -0.0280. The SMILES string of the molecule is NCC(S)N(c1ccccc1)c1ccccc1. The van der Waals surface area contributed by atoms with Crippen LogP contribution in [0.25, 0.3) is 0 Å². The van der Waals surface area contributed by atoms with Crippen LogP contribution in [0.4, 0.5) is 11.4 Å². The summed E-state index contributed by atoms with van der Waals surface area (Å²) in [7, 11) is 0. The summed E-state index contributed by atoms with van der Waals surface area (Å²) in [6.07, 6.45) is 0. The number of rotatable bonds is 4. The number of hydrogen-bond donors (Lipinski definition) is 2. The van der Waals surface area contributed by atoms with Gasteiger partial charge in [0.05, 0.1) is 5.37 Å². The van der Waals surface area contributed by atoms with E-state index in [1.165, 1.54) is 0 Å². The molecule has 1 atom stereocenters. The fourth-order valence-electron chi connectivity index (χ4n) is 1.78. The molecule has 17 heavy (non-hydrogen) atoms. The molecule has 2 rings (SSSR count). The van der Waals surface area contributed by atoms with Gasteiger partial charge in [-0.05, 0) is 24.3 Å². The van der Waals surface area contributed by atoms with E-state index in [9.17, 15) is 0 Å². The number of nitrogens with zero attached hydrogens (tertiary/aromatic N) is 1. The summed E-state index contributed by atoms with van der Waals surface area (Å²) in [5, 5.41) is -0.0280. The second-order valence-electron chi connectivity index (χ2n) is 3.76. The molecule has 0 heterocycles. The maximum absolute atomic E-state index is 5.73. The first-order valence-corrected chi connectivity index (χ1v) is 6.12. The summed E-state index contributed by atoms with van der Waals surface area (Å²) < 4.78 is 0. The molecule has 0 aliphatic rings. The van der Waals surface area contributed by atoms with Gasteiger partial charge in [-0.3, -0.25) is 0 Å². The topological polar surface area (TPSA) is 29.3 Å². The lowest BCUT2D eigenvalue weighted by Gasteiger charge is -2.29. The maximum Gasteiger partial charge on any atom is 0.0892 e. The quantitative estimate of drug-likeness (QED) is 0.639. The van der Waals surface area contributed by atoms with Crippen LogP contribution in [0.1, 0.15) is 0 Å². The Labute approximate surface area is 107 Å². The summed E-state index contributed by atoms with van der Waals surface area (Å²) in [5.41, 5.74) is 7.93.